The van der Waals surface area contributed by atoms with Crippen molar-refractivity contribution in [1.82, 2.24) is 14.7 Å². The summed E-state index contributed by atoms with van der Waals surface area (Å²) < 4.78 is 3.32. The van der Waals surface area contributed by atoms with Crippen molar-refractivity contribution < 1.29 is 4.79 Å². The zero-order chi connectivity index (χ0) is 15.7. The first-order chi connectivity index (χ1) is 10.6. The van der Waals surface area contributed by atoms with Crippen LogP contribution in [0.1, 0.15) is 18.5 Å². The van der Waals surface area contributed by atoms with Crippen molar-refractivity contribution >= 4 is 11.6 Å². The number of rotatable bonds is 3. The number of aromatic nitrogens is 2. The normalized spacial score (nSPS) is 17.6. The minimum atomic E-state index is -0.211. The molecule has 116 valence electrons. The molecule has 2 aromatic rings. The van der Waals surface area contributed by atoms with E-state index in [-0.39, 0.29) is 17.5 Å². The maximum Gasteiger partial charge on any atom is 0.295 e. The number of nitrogens with zero attached hydrogens (tertiary/aromatic N) is 2. The number of amides is 1. The van der Waals surface area contributed by atoms with Crippen LogP contribution >= 0.6 is 0 Å². The van der Waals surface area contributed by atoms with Crippen molar-refractivity contribution in [2.24, 2.45) is 7.05 Å². The van der Waals surface area contributed by atoms with Gasteiger partial charge in [0, 0.05) is 7.05 Å². The Morgan fingerprint density at radius 3 is 2.68 bits per heavy atom. The van der Waals surface area contributed by atoms with Gasteiger partial charge in [0.25, 0.3) is 5.56 Å². The summed E-state index contributed by atoms with van der Waals surface area (Å²) in [6, 6.07) is 9.19. The van der Waals surface area contributed by atoms with E-state index in [0.717, 1.165) is 30.8 Å². The smallest absolute Gasteiger partial charge is 0.295 e. The minimum absolute atomic E-state index is 0.136. The SMILES string of the molecule is Cc1c(NC(=O)[C@@H]2CCCN2)c(=O)n(-c2ccccc2)n1C. The highest BCUT2D eigenvalue weighted by Crippen LogP contribution is 2.15. The summed E-state index contributed by atoms with van der Waals surface area (Å²) in [4.78, 5) is 24.9. The average molecular weight is 300 g/mol. The van der Waals surface area contributed by atoms with E-state index in [9.17, 15) is 9.59 Å². The number of hydrogen-bond acceptors (Lipinski definition) is 3. The molecule has 3 rings (SSSR count). The van der Waals surface area contributed by atoms with Gasteiger partial charge in [-0.25, -0.2) is 4.68 Å². The maximum absolute atomic E-state index is 12.7. The van der Waals surface area contributed by atoms with Crippen LogP contribution in [0, 0.1) is 6.92 Å². The Bertz CT molecular complexity index is 739. The third kappa shape index (κ3) is 2.46. The van der Waals surface area contributed by atoms with Crippen LogP contribution < -0.4 is 16.2 Å². The molecule has 1 aliphatic rings. The van der Waals surface area contributed by atoms with Gasteiger partial charge >= 0.3 is 0 Å². The highest BCUT2D eigenvalue weighted by molar-refractivity contribution is 5.95. The molecule has 0 aliphatic carbocycles. The summed E-state index contributed by atoms with van der Waals surface area (Å²) in [6.07, 6.45) is 1.80. The van der Waals surface area contributed by atoms with E-state index >= 15 is 0 Å². The van der Waals surface area contributed by atoms with E-state index in [2.05, 4.69) is 10.6 Å². The third-order valence-electron chi connectivity index (χ3n) is 4.18. The molecule has 2 N–H and O–H groups in total. The highest BCUT2D eigenvalue weighted by Gasteiger charge is 2.25. The fraction of sp³-hybridized carbons (Fsp3) is 0.375. The molecule has 0 bridgehead atoms. The summed E-state index contributed by atoms with van der Waals surface area (Å²) in [5, 5.41) is 5.94. The lowest BCUT2D eigenvalue weighted by Gasteiger charge is -2.09. The van der Waals surface area contributed by atoms with E-state index in [1.54, 1.807) is 9.36 Å². The van der Waals surface area contributed by atoms with Gasteiger partial charge in [0.2, 0.25) is 5.91 Å². The van der Waals surface area contributed by atoms with Crippen LogP contribution in [0.3, 0.4) is 0 Å². The quantitative estimate of drug-likeness (QED) is 0.894. The molecular formula is C16H20N4O2. The Morgan fingerprint density at radius 2 is 2.05 bits per heavy atom. The van der Waals surface area contributed by atoms with Gasteiger partial charge in [-0.1, -0.05) is 18.2 Å². The second-order valence-electron chi connectivity index (χ2n) is 5.57. The largest absolute Gasteiger partial charge is 0.319 e. The van der Waals surface area contributed by atoms with E-state index < -0.39 is 0 Å². The molecule has 1 saturated heterocycles. The Labute approximate surface area is 128 Å². The van der Waals surface area contributed by atoms with Crippen LogP contribution in [0.5, 0.6) is 0 Å². The van der Waals surface area contributed by atoms with Crippen molar-refractivity contribution in [3.8, 4) is 5.69 Å². The van der Waals surface area contributed by atoms with E-state index in [1.807, 2.05) is 44.3 Å². The molecule has 0 unspecified atom stereocenters. The van der Waals surface area contributed by atoms with Crippen molar-refractivity contribution in [2.75, 3.05) is 11.9 Å². The molecular weight excluding hydrogens is 280 g/mol. The number of carbonyl (C=O) groups excluding carboxylic acids is 1. The molecule has 6 heteroatoms. The second-order valence-corrected chi connectivity index (χ2v) is 5.57. The minimum Gasteiger partial charge on any atom is -0.319 e. The molecule has 1 aliphatic heterocycles. The van der Waals surface area contributed by atoms with Crippen LogP contribution in [0.25, 0.3) is 5.69 Å². The first-order valence-corrected chi connectivity index (χ1v) is 7.48. The van der Waals surface area contributed by atoms with Crippen molar-refractivity contribution in [1.29, 1.82) is 0 Å². The lowest BCUT2D eigenvalue weighted by Crippen LogP contribution is -2.36. The molecule has 6 nitrogen and oxygen atoms in total. The summed E-state index contributed by atoms with van der Waals surface area (Å²) in [6.45, 7) is 2.68. The summed E-state index contributed by atoms with van der Waals surface area (Å²) >= 11 is 0. The second kappa shape index (κ2) is 5.81. The zero-order valence-corrected chi connectivity index (χ0v) is 12.8. The van der Waals surface area contributed by atoms with E-state index in [0.29, 0.717) is 5.69 Å². The third-order valence-corrected chi connectivity index (χ3v) is 4.18. The Kier molecular flexibility index (Phi) is 3.85. The molecule has 22 heavy (non-hydrogen) atoms. The van der Waals surface area contributed by atoms with Gasteiger partial charge in [-0.3, -0.25) is 14.3 Å². The summed E-state index contributed by atoms with van der Waals surface area (Å²) in [5.41, 5.74) is 1.65. The number of benzene rings is 1. The lowest BCUT2D eigenvalue weighted by molar-refractivity contribution is -0.117. The number of hydrogen-bond donors (Lipinski definition) is 2. The Balaban J connectivity index is 1.96. The number of anilines is 1. The van der Waals surface area contributed by atoms with Gasteiger partial charge in [0.15, 0.2) is 0 Å². The topological polar surface area (TPSA) is 68.1 Å². The molecule has 0 radical (unpaired) electrons. The molecule has 1 amide bonds. The van der Waals surface area contributed by atoms with Gasteiger partial charge in [0.1, 0.15) is 5.69 Å². The predicted molar refractivity (Wildman–Crippen MR) is 85.4 cm³/mol. The number of carbonyl (C=O) groups is 1. The van der Waals surface area contributed by atoms with Gasteiger partial charge < -0.3 is 10.6 Å². The van der Waals surface area contributed by atoms with Gasteiger partial charge in [0.05, 0.1) is 17.4 Å². The van der Waals surface area contributed by atoms with Crippen LogP contribution in [0.2, 0.25) is 0 Å². The van der Waals surface area contributed by atoms with Crippen LogP contribution in [-0.2, 0) is 11.8 Å². The first-order valence-electron chi connectivity index (χ1n) is 7.48. The van der Waals surface area contributed by atoms with Gasteiger partial charge in [-0.15, -0.1) is 0 Å². The van der Waals surface area contributed by atoms with Crippen molar-refractivity contribution in [3.05, 3.63) is 46.4 Å². The summed E-state index contributed by atoms with van der Waals surface area (Å²) in [7, 11) is 1.81. The van der Waals surface area contributed by atoms with Gasteiger partial charge in [-0.2, -0.15) is 0 Å². The lowest BCUT2D eigenvalue weighted by atomic mass is 10.2. The molecule has 0 spiro atoms. The maximum atomic E-state index is 12.7. The first kappa shape index (κ1) is 14.6. The van der Waals surface area contributed by atoms with Crippen molar-refractivity contribution in [2.45, 2.75) is 25.8 Å². The van der Waals surface area contributed by atoms with E-state index in [4.69, 9.17) is 0 Å². The summed E-state index contributed by atoms with van der Waals surface area (Å²) in [5.74, 6) is -0.136. The highest BCUT2D eigenvalue weighted by atomic mass is 16.2. The molecule has 1 aromatic carbocycles. The standard InChI is InChI=1S/C16H20N4O2/c1-11-14(18-15(21)13-9-6-10-17-13)16(22)20(19(11)2)12-7-4-3-5-8-12/h3-5,7-8,13,17H,6,9-10H2,1-2H3,(H,18,21)/t13-/m0/s1. The predicted octanol–water partition coefficient (Wildman–Crippen LogP) is 1.17. The molecule has 1 atom stereocenters. The fourth-order valence-corrected chi connectivity index (χ4v) is 2.83. The van der Waals surface area contributed by atoms with E-state index in [1.165, 1.54) is 0 Å². The fourth-order valence-electron chi connectivity index (χ4n) is 2.83. The molecule has 0 saturated carbocycles. The van der Waals surface area contributed by atoms with Crippen LogP contribution in [-0.4, -0.2) is 27.9 Å². The Morgan fingerprint density at radius 1 is 1.32 bits per heavy atom. The molecule has 1 fully saturated rings. The number of para-hydroxylation sites is 1. The molecule has 2 heterocycles. The van der Waals surface area contributed by atoms with Gasteiger partial charge in [-0.05, 0) is 38.4 Å². The Hall–Kier alpha value is -2.34. The monoisotopic (exact) mass is 300 g/mol. The van der Waals surface area contributed by atoms with Crippen LogP contribution in [0.4, 0.5) is 5.69 Å². The zero-order valence-electron chi connectivity index (χ0n) is 12.8. The molecule has 1 aromatic heterocycles. The van der Waals surface area contributed by atoms with Crippen LogP contribution in [0.15, 0.2) is 35.1 Å². The number of nitrogens with one attached hydrogen (secondary N) is 2. The average Bonchev–Trinajstić information content (AvgIpc) is 3.13. The van der Waals surface area contributed by atoms with Crippen molar-refractivity contribution in [3.63, 3.8) is 0 Å².